The van der Waals surface area contributed by atoms with Crippen molar-refractivity contribution in [3.63, 3.8) is 0 Å². The molecule has 2 aromatic carbocycles. The molecule has 1 N–H and O–H groups in total. The fourth-order valence-electron chi connectivity index (χ4n) is 2.31. The molecule has 0 saturated heterocycles. The number of nitrogens with zero attached hydrogens (tertiary/aromatic N) is 2. The first-order chi connectivity index (χ1) is 11.9. The molecule has 3 rings (SSSR count). The zero-order valence-corrected chi connectivity index (χ0v) is 15.3. The topological polar surface area (TPSA) is 37.3 Å². The molecule has 1 aromatic heterocycles. The van der Waals surface area contributed by atoms with E-state index in [-0.39, 0.29) is 11.2 Å². The Bertz CT molecular complexity index is 859. The molecule has 3 aromatic rings. The average molecular weight is 353 g/mol. The molecule has 5 heteroatoms. The molecular formula is C20H20FN3S. The Morgan fingerprint density at radius 1 is 1.04 bits per heavy atom. The summed E-state index contributed by atoms with van der Waals surface area (Å²) in [4.78, 5) is 4.46. The van der Waals surface area contributed by atoms with Crippen molar-refractivity contribution in [3.05, 3.63) is 70.9 Å². The summed E-state index contributed by atoms with van der Waals surface area (Å²) in [5, 5.41) is 6.85. The van der Waals surface area contributed by atoms with Crippen molar-refractivity contribution in [1.29, 1.82) is 0 Å². The Morgan fingerprint density at radius 3 is 2.36 bits per heavy atom. The van der Waals surface area contributed by atoms with E-state index in [1.54, 1.807) is 18.3 Å². The van der Waals surface area contributed by atoms with Gasteiger partial charge >= 0.3 is 0 Å². The number of hydrazone groups is 1. The molecule has 0 aliphatic rings. The summed E-state index contributed by atoms with van der Waals surface area (Å²) in [7, 11) is 0. The Hall–Kier alpha value is -2.53. The van der Waals surface area contributed by atoms with Crippen LogP contribution in [0.3, 0.4) is 0 Å². The second kappa shape index (κ2) is 7.15. The lowest BCUT2D eigenvalue weighted by Crippen LogP contribution is -2.10. The van der Waals surface area contributed by atoms with Crippen LogP contribution in [0.2, 0.25) is 0 Å². The van der Waals surface area contributed by atoms with Crippen molar-refractivity contribution < 1.29 is 4.39 Å². The number of benzene rings is 2. The molecule has 0 fully saturated rings. The van der Waals surface area contributed by atoms with Crippen LogP contribution in [0.1, 0.15) is 31.9 Å². The van der Waals surface area contributed by atoms with Crippen LogP contribution >= 0.6 is 11.3 Å². The Kier molecular flexibility index (Phi) is 4.95. The Labute approximate surface area is 151 Å². The highest BCUT2D eigenvalue weighted by Gasteiger charge is 2.12. The number of nitrogens with one attached hydrogen (secondary N) is 1. The van der Waals surface area contributed by atoms with Crippen LogP contribution in [0.4, 0.5) is 9.52 Å². The summed E-state index contributed by atoms with van der Waals surface area (Å²) in [5.41, 5.74) is 7.09. The van der Waals surface area contributed by atoms with Gasteiger partial charge < -0.3 is 0 Å². The van der Waals surface area contributed by atoms with E-state index in [2.05, 4.69) is 60.5 Å². The Balaban J connectivity index is 1.64. The number of hydrogen-bond acceptors (Lipinski definition) is 4. The van der Waals surface area contributed by atoms with Gasteiger partial charge in [0.05, 0.1) is 11.9 Å². The molecule has 1 heterocycles. The van der Waals surface area contributed by atoms with Gasteiger partial charge in [-0.25, -0.2) is 9.37 Å². The van der Waals surface area contributed by atoms with Gasteiger partial charge in [-0.2, -0.15) is 5.10 Å². The van der Waals surface area contributed by atoms with Gasteiger partial charge in [0.15, 0.2) is 0 Å². The van der Waals surface area contributed by atoms with E-state index in [4.69, 9.17) is 0 Å². The SMILES string of the molecule is CC(C)(C)c1ccc(/C=N/Nc2nc(-c3ccc(F)cc3)cs2)cc1. The van der Waals surface area contributed by atoms with Gasteiger partial charge in [-0.15, -0.1) is 11.3 Å². The maximum absolute atomic E-state index is 13.0. The molecule has 0 radical (unpaired) electrons. The molecule has 0 atom stereocenters. The molecule has 0 aliphatic carbocycles. The van der Waals surface area contributed by atoms with Crippen LogP contribution in [-0.4, -0.2) is 11.2 Å². The predicted molar refractivity (Wildman–Crippen MR) is 104 cm³/mol. The fraction of sp³-hybridized carbons (Fsp3) is 0.200. The molecule has 0 aliphatic heterocycles. The first-order valence-electron chi connectivity index (χ1n) is 8.03. The van der Waals surface area contributed by atoms with Crippen molar-refractivity contribution >= 4 is 22.7 Å². The summed E-state index contributed by atoms with van der Waals surface area (Å²) in [6, 6.07) is 14.6. The number of hydrogen-bond donors (Lipinski definition) is 1. The highest BCUT2D eigenvalue weighted by atomic mass is 32.1. The van der Waals surface area contributed by atoms with Crippen molar-refractivity contribution in [2.45, 2.75) is 26.2 Å². The first-order valence-corrected chi connectivity index (χ1v) is 8.91. The summed E-state index contributed by atoms with van der Waals surface area (Å²) in [6.45, 7) is 6.58. The van der Waals surface area contributed by atoms with E-state index in [1.807, 2.05) is 5.38 Å². The number of halogens is 1. The molecule has 0 spiro atoms. The number of rotatable bonds is 4. The zero-order valence-electron chi connectivity index (χ0n) is 14.5. The lowest BCUT2D eigenvalue weighted by Gasteiger charge is -2.18. The van der Waals surface area contributed by atoms with Crippen LogP contribution < -0.4 is 5.43 Å². The minimum atomic E-state index is -0.251. The average Bonchev–Trinajstić information content (AvgIpc) is 3.04. The van der Waals surface area contributed by atoms with Crippen LogP contribution in [0.25, 0.3) is 11.3 Å². The third kappa shape index (κ3) is 4.51. The number of thiazole rings is 1. The third-order valence-electron chi connectivity index (χ3n) is 3.79. The van der Waals surface area contributed by atoms with E-state index < -0.39 is 0 Å². The van der Waals surface area contributed by atoms with Crippen LogP contribution in [-0.2, 0) is 5.41 Å². The smallest absolute Gasteiger partial charge is 0.203 e. The number of aromatic nitrogens is 1. The second-order valence-corrected chi connectivity index (χ2v) is 7.64. The van der Waals surface area contributed by atoms with E-state index in [0.29, 0.717) is 5.13 Å². The molecule has 128 valence electrons. The summed E-state index contributed by atoms with van der Waals surface area (Å²) >= 11 is 1.46. The molecule has 3 nitrogen and oxygen atoms in total. The monoisotopic (exact) mass is 353 g/mol. The third-order valence-corrected chi connectivity index (χ3v) is 4.54. The lowest BCUT2D eigenvalue weighted by molar-refractivity contribution is 0.590. The molecular weight excluding hydrogens is 333 g/mol. The summed E-state index contributed by atoms with van der Waals surface area (Å²) in [6.07, 6.45) is 1.77. The van der Waals surface area contributed by atoms with Crippen LogP contribution in [0.5, 0.6) is 0 Å². The molecule has 0 bridgehead atoms. The van der Waals surface area contributed by atoms with Gasteiger partial charge in [-0.3, -0.25) is 5.43 Å². The summed E-state index contributed by atoms with van der Waals surface area (Å²) in [5.74, 6) is -0.251. The lowest BCUT2D eigenvalue weighted by atomic mass is 9.87. The largest absolute Gasteiger partial charge is 0.253 e. The van der Waals surface area contributed by atoms with Crippen molar-refractivity contribution in [2.24, 2.45) is 5.10 Å². The maximum Gasteiger partial charge on any atom is 0.203 e. The van der Waals surface area contributed by atoms with Gasteiger partial charge in [0.25, 0.3) is 0 Å². The van der Waals surface area contributed by atoms with Crippen LogP contribution in [0, 0.1) is 5.82 Å². The normalized spacial score (nSPS) is 11.8. The van der Waals surface area contributed by atoms with Crippen molar-refractivity contribution in [3.8, 4) is 11.3 Å². The van der Waals surface area contributed by atoms with Crippen LogP contribution in [0.15, 0.2) is 59.0 Å². The van der Waals surface area contributed by atoms with E-state index >= 15 is 0 Å². The quantitative estimate of drug-likeness (QED) is 0.483. The van der Waals surface area contributed by atoms with E-state index in [1.165, 1.54) is 29.0 Å². The van der Waals surface area contributed by atoms with Gasteiger partial charge in [0.2, 0.25) is 5.13 Å². The zero-order chi connectivity index (χ0) is 17.9. The standard InChI is InChI=1S/C20H20FN3S/c1-20(2,3)16-8-4-14(5-9-16)12-22-24-19-23-18(13-25-19)15-6-10-17(21)11-7-15/h4-13H,1-3H3,(H,23,24)/b22-12+. The van der Waals surface area contributed by atoms with Gasteiger partial charge in [-0.05, 0) is 40.8 Å². The van der Waals surface area contributed by atoms with Gasteiger partial charge in [0, 0.05) is 10.9 Å². The minimum Gasteiger partial charge on any atom is -0.253 e. The predicted octanol–water partition coefficient (Wildman–Crippen LogP) is 5.69. The summed E-state index contributed by atoms with van der Waals surface area (Å²) < 4.78 is 13.0. The maximum atomic E-state index is 13.0. The van der Waals surface area contributed by atoms with E-state index in [0.717, 1.165) is 16.8 Å². The minimum absolute atomic E-state index is 0.144. The highest BCUT2D eigenvalue weighted by molar-refractivity contribution is 7.14. The first kappa shape index (κ1) is 17.3. The molecule has 0 saturated carbocycles. The Morgan fingerprint density at radius 2 is 1.72 bits per heavy atom. The molecule has 25 heavy (non-hydrogen) atoms. The van der Waals surface area contributed by atoms with Gasteiger partial charge in [-0.1, -0.05) is 45.0 Å². The fourth-order valence-corrected chi connectivity index (χ4v) is 2.98. The van der Waals surface area contributed by atoms with Gasteiger partial charge in [0.1, 0.15) is 5.82 Å². The van der Waals surface area contributed by atoms with E-state index in [9.17, 15) is 4.39 Å². The highest BCUT2D eigenvalue weighted by Crippen LogP contribution is 2.25. The second-order valence-electron chi connectivity index (χ2n) is 6.79. The molecule has 0 amide bonds. The number of anilines is 1. The van der Waals surface area contributed by atoms with Crippen molar-refractivity contribution in [1.82, 2.24) is 4.98 Å². The molecule has 0 unspecified atom stereocenters. The van der Waals surface area contributed by atoms with Crippen molar-refractivity contribution in [2.75, 3.05) is 5.43 Å².